The molecule has 0 unspecified atom stereocenters. The highest BCUT2D eigenvalue weighted by Crippen LogP contribution is 2.41. The van der Waals surface area contributed by atoms with Crippen molar-refractivity contribution in [3.63, 3.8) is 0 Å². The molecule has 1 aromatic heterocycles. The smallest absolute Gasteiger partial charge is 0.123 e. The second kappa shape index (κ2) is 4.76. The van der Waals surface area contributed by atoms with E-state index in [1.54, 1.807) is 0 Å². The zero-order valence-corrected chi connectivity index (χ0v) is 10.8. The normalized spacial score (nSPS) is 23.2. The molecular weight excluding hydrogens is 226 g/mol. The Balaban J connectivity index is 1.64. The van der Waals surface area contributed by atoms with Crippen molar-refractivity contribution in [2.75, 3.05) is 36.9 Å². The first-order chi connectivity index (χ1) is 8.77. The van der Waals surface area contributed by atoms with Crippen molar-refractivity contribution in [2.45, 2.75) is 25.7 Å². The zero-order chi connectivity index (χ0) is 12.4. The van der Waals surface area contributed by atoms with Crippen LogP contribution in [0.5, 0.6) is 0 Å². The van der Waals surface area contributed by atoms with Crippen LogP contribution in [0.4, 0.5) is 11.5 Å². The van der Waals surface area contributed by atoms with Gasteiger partial charge in [0.05, 0.1) is 11.9 Å². The number of nitrogens with zero attached hydrogens (tertiary/aromatic N) is 2. The molecule has 0 radical (unpaired) electrons. The molecule has 98 valence electrons. The van der Waals surface area contributed by atoms with Gasteiger partial charge in [0.25, 0.3) is 0 Å². The van der Waals surface area contributed by atoms with Crippen LogP contribution in [0.2, 0.25) is 0 Å². The van der Waals surface area contributed by atoms with Crippen LogP contribution in [0.1, 0.15) is 25.7 Å². The van der Waals surface area contributed by atoms with Gasteiger partial charge in [-0.1, -0.05) is 0 Å². The first-order valence-corrected chi connectivity index (χ1v) is 6.82. The van der Waals surface area contributed by atoms with Gasteiger partial charge in [-0.15, -0.1) is 0 Å². The summed E-state index contributed by atoms with van der Waals surface area (Å²) < 4.78 is 5.48. The van der Waals surface area contributed by atoms with Gasteiger partial charge in [-0.2, -0.15) is 0 Å². The third kappa shape index (κ3) is 2.29. The molecule has 1 spiro atoms. The van der Waals surface area contributed by atoms with E-state index in [4.69, 9.17) is 10.5 Å². The van der Waals surface area contributed by atoms with Crippen LogP contribution in [-0.2, 0) is 4.74 Å². The van der Waals surface area contributed by atoms with E-state index in [2.05, 4.69) is 16.0 Å². The third-order valence-electron chi connectivity index (χ3n) is 4.51. The lowest BCUT2D eigenvalue weighted by Crippen LogP contribution is -2.43. The Labute approximate surface area is 108 Å². The van der Waals surface area contributed by atoms with Gasteiger partial charge in [0, 0.05) is 26.3 Å². The predicted molar refractivity (Wildman–Crippen MR) is 72.6 cm³/mol. The van der Waals surface area contributed by atoms with Gasteiger partial charge in [0.2, 0.25) is 0 Å². The second-order valence-corrected chi connectivity index (χ2v) is 5.54. The Bertz CT molecular complexity index is 388. The highest BCUT2D eigenvalue weighted by molar-refractivity contribution is 5.48. The first-order valence-electron chi connectivity index (χ1n) is 6.82. The number of nitrogen functional groups attached to an aromatic ring is 1. The molecule has 0 aromatic carbocycles. The summed E-state index contributed by atoms with van der Waals surface area (Å²) in [6, 6.07) is 3.96. The van der Waals surface area contributed by atoms with Crippen LogP contribution >= 0.6 is 0 Å². The largest absolute Gasteiger partial charge is 0.384 e. The summed E-state index contributed by atoms with van der Waals surface area (Å²) in [4.78, 5) is 6.60. The van der Waals surface area contributed by atoms with E-state index in [0.29, 0.717) is 11.2 Å². The number of pyridine rings is 1. The number of hydrogen-bond acceptors (Lipinski definition) is 4. The van der Waals surface area contributed by atoms with Gasteiger partial charge in [-0.25, -0.2) is 4.98 Å². The van der Waals surface area contributed by atoms with Crippen molar-refractivity contribution in [1.29, 1.82) is 0 Å². The number of aromatic nitrogens is 1. The maximum Gasteiger partial charge on any atom is 0.123 e. The number of rotatable bonds is 1. The molecule has 2 aliphatic rings. The summed E-state index contributed by atoms with van der Waals surface area (Å²) in [5.41, 5.74) is 7.38. The lowest BCUT2D eigenvalue weighted by atomic mass is 9.72. The lowest BCUT2D eigenvalue weighted by Gasteiger charge is -2.44. The standard InChI is InChI=1S/C14H21N3O/c15-13-2-1-12(11-16-13)17-7-3-14(4-8-17)5-9-18-10-6-14/h1-2,11H,3-10H2,(H2,15,16). The highest BCUT2D eigenvalue weighted by Gasteiger charge is 2.35. The number of hydrogen-bond donors (Lipinski definition) is 1. The maximum absolute atomic E-state index is 5.62. The van der Waals surface area contributed by atoms with Crippen LogP contribution in [0.15, 0.2) is 18.3 Å². The van der Waals surface area contributed by atoms with Crippen molar-refractivity contribution < 1.29 is 4.74 Å². The second-order valence-electron chi connectivity index (χ2n) is 5.54. The topological polar surface area (TPSA) is 51.4 Å². The Morgan fingerprint density at radius 2 is 1.83 bits per heavy atom. The molecule has 4 nitrogen and oxygen atoms in total. The molecule has 1 aromatic rings. The van der Waals surface area contributed by atoms with Gasteiger partial charge < -0.3 is 15.4 Å². The Kier molecular flexibility index (Phi) is 3.12. The fraction of sp³-hybridized carbons (Fsp3) is 0.643. The van der Waals surface area contributed by atoms with Crippen molar-refractivity contribution in [3.8, 4) is 0 Å². The van der Waals surface area contributed by atoms with Crippen molar-refractivity contribution in [2.24, 2.45) is 5.41 Å². The summed E-state index contributed by atoms with van der Waals surface area (Å²) in [6.45, 7) is 4.16. The van der Waals surface area contributed by atoms with Gasteiger partial charge >= 0.3 is 0 Å². The van der Waals surface area contributed by atoms with E-state index in [1.165, 1.54) is 31.4 Å². The van der Waals surface area contributed by atoms with E-state index in [1.807, 2.05) is 12.3 Å². The molecule has 0 saturated carbocycles. The maximum atomic E-state index is 5.62. The first kappa shape index (κ1) is 11.8. The Hall–Kier alpha value is -1.29. The van der Waals surface area contributed by atoms with Gasteiger partial charge in [-0.3, -0.25) is 0 Å². The third-order valence-corrected chi connectivity index (χ3v) is 4.51. The van der Waals surface area contributed by atoms with E-state index in [9.17, 15) is 0 Å². The monoisotopic (exact) mass is 247 g/mol. The number of piperidine rings is 1. The minimum Gasteiger partial charge on any atom is -0.384 e. The fourth-order valence-corrected chi connectivity index (χ4v) is 3.13. The van der Waals surface area contributed by atoms with Gasteiger partial charge in [0.1, 0.15) is 5.82 Å². The molecule has 3 rings (SSSR count). The minimum atomic E-state index is 0.552. The number of nitrogens with two attached hydrogens (primary N) is 1. The molecule has 0 amide bonds. The molecule has 2 fully saturated rings. The number of ether oxygens (including phenoxy) is 1. The summed E-state index contributed by atoms with van der Waals surface area (Å²) in [5.74, 6) is 0.594. The zero-order valence-electron chi connectivity index (χ0n) is 10.8. The predicted octanol–water partition coefficient (Wildman–Crippen LogP) is 2.06. The van der Waals surface area contributed by atoms with E-state index in [-0.39, 0.29) is 0 Å². The summed E-state index contributed by atoms with van der Waals surface area (Å²) in [5, 5.41) is 0. The molecule has 0 aliphatic carbocycles. The van der Waals surface area contributed by atoms with Gasteiger partial charge in [-0.05, 0) is 43.2 Å². The lowest BCUT2D eigenvalue weighted by molar-refractivity contribution is 0.00212. The minimum absolute atomic E-state index is 0.552. The molecule has 2 aliphatic heterocycles. The Morgan fingerprint density at radius 3 is 2.44 bits per heavy atom. The van der Waals surface area contributed by atoms with Crippen LogP contribution in [0.25, 0.3) is 0 Å². The summed E-state index contributed by atoms with van der Waals surface area (Å²) in [7, 11) is 0. The molecule has 4 heteroatoms. The van der Waals surface area contributed by atoms with Crippen molar-refractivity contribution >= 4 is 11.5 Å². The summed E-state index contributed by atoms with van der Waals surface area (Å²) >= 11 is 0. The van der Waals surface area contributed by atoms with Crippen molar-refractivity contribution in [3.05, 3.63) is 18.3 Å². The van der Waals surface area contributed by atoms with Crippen LogP contribution in [0.3, 0.4) is 0 Å². The highest BCUT2D eigenvalue weighted by atomic mass is 16.5. The molecule has 0 bridgehead atoms. The summed E-state index contributed by atoms with van der Waals surface area (Å²) in [6.07, 6.45) is 6.92. The van der Waals surface area contributed by atoms with Crippen LogP contribution in [-0.4, -0.2) is 31.3 Å². The Morgan fingerprint density at radius 1 is 1.11 bits per heavy atom. The number of anilines is 2. The molecule has 0 atom stereocenters. The average molecular weight is 247 g/mol. The average Bonchev–Trinajstić information content (AvgIpc) is 2.42. The quantitative estimate of drug-likeness (QED) is 0.825. The molecular formula is C14H21N3O. The fourth-order valence-electron chi connectivity index (χ4n) is 3.13. The molecule has 18 heavy (non-hydrogen) atoms. The molecule has 2 saturated heterocycles. The van der Waals surface area contributed by atoms with E-state index < -0.39 is 0 Å². The van der Waals surface area contributed by atoms with Crippen LogP contribution < -0.4 is 10.6 Å². The van der Waals surface area contributed by atoms with Crippen LogP contribution in [0, 0.1) is 5.41 Å². The van der Waals surface area contributed by atoms with E-state index >= 15 is 0 Å². The molecule has 2 N–H and O–H groups in total. The van der Waals surface area contributed by atoms with E-state index in [0.717, 1.165) is 26.3 Å². The molecule has 3 heterocycles. The van der Waals surface area contributed by atoms with Gasteiger partial charge in [0.15, 0.2) is 0 Å². The van der Waals surface area contributed by atoms with Crippen molar-refractivity contribution in [1.82, 2.24) is 4.98 Å². The SMILES string of the molecule is Nc1ccc(N2CCC3(CCOCC3)CC2)cn1.